The van der Waals surface area contributed by atoms with Gasteiger partial charge in [-0.2, -0.15) is 5.10 Å². The van der Waals surface area contributed by atoms with Crippen molar-refractivity contribution in [3.8, 4) is 0 Å². The lowest BCUT2D eigenvalue weighted by Gasteiger charge is -2.03. The summed E-state index contributed by atoms with van der Waals surface area (Å²) in [5.74, 6) is -0.524. The Kier molecular flexibility index (Phi) is 4.28. The van der Waals surface area contributed by atoms with Crippen LogP contribution in [0.25, 0.3) is 0 Å². The van der Waals surface area contributed by atoms with Crippen LogP contribution in [-0.4, -0.2) is 33.7 Å². The molecule has 0 fully saturated rings. The number of nitrogens with zero attached hydrogens (tertiary/aromatic N) is 4. The van der Waals surface area contributed by atoms with Gasteiger partial charge in [-0.3, -0.25) is 19.2 Å². The molecule has 10 heteroatoms. The molecule has 0 aromatic carbocycles. The van der Waals surface area contributed by atoms with E-state index in [1.54, 1.807) is 36.4 Å². The molecule has 0 saturated heterocycles. The van der Waals surface area contributed by atoms with Gasteiger partial charge in [-0.05, 0) is 23.8 Å². The first-order valence-corrected chi connectivity index (χ1v) is 8.75. The van der Waals surface area contributed by atoms with Gasteiger partial charge in [0.1, 0.15) is 10.6 Å². The highest BCUT2D eigenvalue weighted by Gasteiger charge is 2.20. The molecule has 3 rings (SSSR count). The highest BCUT2D eigenvalue weighted by molar-refractivity contribution is 7.92. The monoisotopic (exact) mass is 360 g/mol. The Hall–Kier alpha value is -3.14. The fourth-order valence-electron chi connectivity index (χ4n) is 2.30. The number of carbonyl (C=O) groups excluding carboxylic acids is 1. The minimum absolute atomic E-state index is 0.0625. The van der Waals surface area contributed by atoms with E-state index in [0.29, 0.717) is 6.54 Å². The summed E-state index contributed by atoms with van der Waals surface area (Å²) in [7, 11) is -2.33. The van der Waals surface area contributed by atoms with Crippen molar-refractivity contribution in [2.24, 2.45) is 12.8 Å². The fraction of sp³-hybridized carbons (Fsp3) is 0.133. The van der Waals surface area contributed by atoms with E-state index in [2.05, 4.69) is 14.8 Å². The zero-order valence-corrected chi connectivity index (χ0v) is 14.1. The van der Waals surface area contributed by atoms with E-state index < -0.39 is 15.9 Å². The third-order valence-electron chi connectivity index (χ3n) is 3.52. The number of sulfonamides is 1. The lowest BCUT2D eigenvalue weighted by atomic mass is 10.3. The molecule has 0 aliphatic heterocycles. The number of pyridine rings is 1. The van der Waals surface area contributed by atoms with Crippen LogP contribution < -0.4 is 10.5 Å². The molecule has 3 aromatic rings. The smallest absolute Gasteiger partial charge is 0.265 e. The molecular weight excluding hydrogens is 344 g/mol. The molecule has 0 aliphatic rings. The van der Waals surface area contributed by atoms with Gasteiger partial charge < -0.3 is 10.3 Å². The molecule has 0 aliphatic carbocycles. The Morgan fingerprint density at radius 3 is 2.64 bits per heavy atom. The summed E-state index contributed by atoms with van der Waals surface area (Å²) in [5.41, 5.74) is 6.29. The first kappa shape index (κ1) is 16.7. The van der Waals surface area contributed by atoms with E-state index in [9.17, 15) is 13.2 Å². The number of anilines is 1. The summed E-state index contributed by atoms with van der Waals surface area (Å²) in [6, 6.07) is 6.47. The molecule has 3 heterocycles. The first-order valence-electron chi connectivity index (χ1n) is 7.26. The first-order chi connectivity index (χ1) is 11.8. The Labute approximate surface area is 144 Å². The van der Waals surface area contributed by atoms with Gasteiger partial charge in [0.05, 0.1) is 6.54 Å². The summed E-state index contributed by atoms with van der Waals surface area (Å²) < 4.78 is 30.2. The summed E-state index contributed by atoms with van der Waals surface area (Å²) in [5, 5.41) is 4.19. The van der Waals surface area contributed by atoms with Gasteiger partial charge in [-0.25, -0.2) is 8.42 Å². The van der Waals surface area contributed by atoms with Crippen molar-refractivity contribution in [3.63, 3.8) is 0 Å². The zero-order valence-electron chi connectivity index (χ0n) is 13.3. The van der Waals surface area contributed by atoms with Crippen LogP contribution in [0.15, 0.2) is 53.9 Å². The number of aryl methyl sites for hydroxylation is 1. The van der Waals surface area contributed by atoms with E-state index >= 15 is 0 Å². The Morgan fingerprint density at radius 1 is 1.28 bits per heavy atom. The van der Waals surface area contributed by atoms with Gasteiger partial charge >= 0.3 is 0 Å². The number of amides is 1. The largest absolute Gasteiger partial charge is 0.364 e. The van der Waals surface area contributed by atoms with Crippen molar-refractivity contribution in [2.75, 3.05) is 4.72 Å². The van der Waals surface area contributed by atoms with E-state index in [1.165, 1.54) is 16.8 Å². The van der Waals surface area contributed by atoms with Crippen LogP contribution in [0, 0.1) is 0 Å². The standard InChI is InChI=1S/C15H16N6O3S/c1-20-10-12(8-13(20)15(16)22)25(23,24)19-14-4-7-21(18-14)9-11-2-5-17-6-3-11/h2-8,10H,9H2,1H3,(H2,16,22)(H,18,19). The number of aromatic nitrogens is 4. The van der Waals surface area contributed by atoms with Crippen molar-refractivity contribution in [3.05, 3.63) is 60.3 Å². The molecule has 3 N–H and O–H groups in total. The second kappa shape index (κ2) is 6.40. The van der Waals surface area contributed by atoms with E-state index in [1.807, 2.05) is 12.1 Å². The van der Waals surface area contributed by atoms with Gasteiger partial charge in [0.25, 0.3) is 15.9 Å². The highest BCUT2D eigenvalue weighted by atomic mass is 32.2. The molecule has 1 amide bonds. The van der Waals surface area contributed by atoms with Crippen LogP contribution in [0.4, 0.5) is 5.82 Å². The van der Waals surface area contributed by atoms with Crippen LogP contribution in [0.1, 0.15) is 16.1 Å². The predicted octanol–water partition coefficient (Wildman–Crippen LogP) is 0.565. The second-order valence-electron chi connectivity index (χ2n) is 5.40. The van der Waals surface area contributed by atoms with Crippen molar-refractivity contribution in [1.82, 2.24) is 19.3 Å². The molecule has 0 spiro atoms. The highest BCUT2D eigenvalue weighted by Crippen LogP contribution is 2.17. The van der Waals surface area contributed by atoms with Gasteiger partial charge in [0.15, 0.2) is 5.82 Å². The number of rotatable bonds is 6. The number of hydrogen-bond acceptors (Lipinski definition) is 5. The quantitative estimate of drug-likeness (QED) is 0.665. The van der Waals surface area contributed by atoms with Crippen molar-refractivity contribution >= 4 is 21.7 Å². The molecule has 0 unspecified atom stereocenters. The van der Waals surface area contributed by atoms with Gasteiger partial charge in [-0.1, -0.05) is 0 Å². The van der Waals surface area contributed by atoms with Crippen LogP contribution in [0.5, 0.6) is 0 Å². The molecule has 9 nitrogen and oxygen atoms in total. The van der Waals surface area contributed by atoms with E-state index in [0.717, 1.165) is 5.56 Å². The second-order valence-corrected chi connectivity index (χ2v) is 7.08. The van der Waals surface area contributed by atoms with Crippen LogP contribution in [0.2, 0.25) is 0 Å². The molecule has 130 valence electrons. The number of carbonyl (C=O) groups is 1. The van der Waals surface area contributed by atoms with Gasteiger partial charge in [-0.15, -0.1) is 0 Å². The SMILES string of the molecule is Cn1cc(S(=O)(=O)Nc2ccn(Cc3ccncc3)n2)cc1C(N)=O. The zero-order chi connectivity index (χ0) is 18.0. The molecule has 0 atom stereocenters. The molecule has 0 bridgehead atoms. The molecule has 3 aromatic heterocycles. The number of primary amides is 1. The summed E-state index contributed by atoms with van der Waals surface area (Å²) in [6.45, 7) is 0.488. The van der Waals surface area contributed by atoms with Crippen LogP contribution in [-0.2, 0) is 23.6 Å². The van der Waals surface area contributed by atoms with E-state index in [-0.39, 0.29) is 16.4 Å². The third-order valence-corrected chi connectivity index (χ3v) is 4.84. The Morgan fingerprint density at radius 2 is 2.00 bits per heavy atom. The van der Waals surface area contributed by atoms with Crippen molar-refractivity contribution < 1.29 is 13.2 Å². The van der Waals surface area contributed by atoms with Crippen LogP contribution >= 0.6 is 0 Å². The van der Waals surface area contributed by atoms with Gasteiger partial charge in [0.2, 0.25) is 0 Å². The van der Waals surface area contributed by atoms with Crippen molar-refractivity contribution in [2.45, 2.75) is 11.4 Å². The average Bonchev–Trinajstić information content (AvgIpc) is 3.15. The normalized spacial score (nSPS) is 11.4. The predicted molar refractivity (Wildman–Crippen MR) is 90.3 cm³/mol. The van der Waals surface area contributed by atoms with Gasteiger partial charge in [0, 0.05) is 37.9 Å². The lowest BCUT2D eigenvalue weighted by Crippen LogP contribution is -2.14. The average molecular weight is 360 g/mol. The maximum atomic E-state index is 12.4. The minimum atomic E-state index is -3.87. The topological polar surface area (TPSA) is 125 Å². The third kappa shape index (κ3) is 3.69. The maximum Gasteiger partial charge on any atom is 0.265 e. The van der Waals surface area contributed by atoms with E-state index in [4.69, 9.17) is 5.73 Å². The summed E-state index contributed by atoms with van der Waals surface area (Å²) in [4.78, 5) is 15.1. The number of hydrogen-bond donors (Lipinski definition) is 2. The Bertz CT molecular complexity index is 1010. The summed E-state index contributed by atoms with van der Waals surface area (Å²) >= 11 is 0. The van der Waals surface area contributed by atoms with Crippen molar-refractivity contribution in [1.29, 1.82) is 0 Å². The minimum Gasteiger partial charge on any atom is -0.364 e. The fourth-order valence-corrected chi connectivity index (χ4v) is 3.37. The molecule has 25 heavy (non-hydrogen) atoms. The molecule has 0 saturated carbocycles. The molecule has 0 radical (unpaired) electrons. The number of nitrogens with two attached hydrogens (primary N) is 1. The van der Waals surface area contributed by atoms with Crippen LogP contribution in [0.3, 0.4) is 0 Å². The molecular formula is C15H16N6O3S. The Balaban J connectivity index is 1.78. The summed E-state index contributed by atoms with van der Waals surface area (Å²) in [6.07, 6.45) is 6.33. The maximum absolute atomic E-state index is 12.4. The lowest BCUT2D eigenvalue weighted by molar-refractivity contribution is 0.0992. The number of nitrogens with one attached hydrogen (secondary N) is 1.